The second-order valence-corrected chi connectivity index (χ2v) is 5.20. The first kappa shape index (κ1) is 16.6. The molecule has 25 heavy (non-hydrogen) atoms. The van der Waals surface area contributed by atoms with Crippen molar-refractivity contribution in [1.82, 2.24) is 4.98 Å². The number of benzene rings is 2. The zero-order valence-corrected chi connectivity index (χ0v) is 13.1. The molecule has 6 heteroatoms. The molecule has 0 aliphatic carbocycles. The van der Waals surface area contributed by atoms with Crippen molar-refractivity contribution in [2.45, 2.75) is 6.61 Å². The van der Waals surface area contributed by atoms with Crippen LogP contribution < -0.4 is 10.1 Å². The van der Waals surface area contributed by atoms with Gasteiger partial charge in [0.05, 0.1) is 0 Å². The molecule has 1 heterocycles. The van der Waals surface area contributed by atoms with Gasteiger partial charge in [0, 0.05) is 17.4 Å². The zero-order chi connectivity index (χ0) is 17.6. The van der Waals surface area contributed by atoms with Gasteiger partial charge in [0.1, 0.15) is 23.8 Å². The number of anilines is 1. The number of nitrogens with one attached hydrogen (secondary N) is 1. The maximum absolute atomic E-state index is 13.7. The molecule has 0 spiro atoms. The highest BCUT2D eigenvalue weighted by Gasteiger charge is 2.15. The van der Waals surface area contributed by atoms with Gasteiger partial charge in [0.25, 0.3) is 5.91 Å². The third-order valence-electron chi connectivity index (χ3n) is 3.42. The molecule has 4 nitrogen and oxygen atoms in total. The lowest BCUT2D eigenvalue weighted by molar-refractivity contribution is 0.102. The Balaban J connectivity index is 1.76. The van der Waals surface area contributed by atoms with Gasteiger partial charge in [-0.25, -0.2) is 13.8 Å². The van der Waals surface area contributed by atoms with E-state index in [-0.39, 0.29) is 18.1 Å². The molecule has 1 aromatic heterocycles. The first-order chi connectivity index (χ1) is 12.1. The number of hydrogen-bond acceptors (Lipinski definition) is 3. The Morgan fingerprint density at radius 2 is 1.88 bits per heavy atom. The van der Waals surface area contributed by atoms with Crippen LogP contribution >= 0.6 is 0 Å². The van der Waals surface area contributed by atoms with Gasteiger partial charge in [-0.1, -0.05) is 24.3 Å². The topological polar surface area (TPSA) is 51.2 Å². The van der Waals surface area contributed by atoms with Gasteiger partial charge >= 0.3 is 0 Å². The van der Waals surface area contributed by atoms with Crippen LogP contribution in [0.5, 0.6) is 5.88 Å². The molecule has 0 atom stereocenters. The van der Waals surface area contributed by atoms with Crippen LogP contribution in [0.2, 0.25) is 0 Å². The fraction of sp³-hybridized carbons (Fsp3) is 0.0526. The predicted octanol–water partition coefficient (Wildman–Crippen LogP) is 4.19. The van der Waals surface area contributed by atoms with Crippen molar-refractivity contribution >= 4 is 11.6 Å². The Labute approximate surface area is 143 Å². The highest BCUT2D eigenvalue weighted by atomic mass is 19.1. The number of ether oxygens (including phenoxy) is 1. The Morgan fingerprint density at radius 3 is 2.68 bits per heavy atom. The molecule has 126 valence electrons. The van der Waals surface area contributed by atoms with Crippen molar-refractivity contribution in [3.05, 3.63) is 89.6 Å². The minimum atomic E-state index is -0.498. The zero-order valence-electron chi connectivity index (χ0n) is 13.1. The lowest BCUT2D eigenvalue weighted by atomic mass is 10.2. The summed E-state index contributed by atoms with van der Waals surface area (Å²) < 4.78 is 32.4. The van der Waals surface area contributed by atoms with E-state index < -0.39 is 17.5 Å². The molecule has 0 bridgehead atoms. The summed E-state index contributed by atoms with van der Waals surface area (Å²) in [5.74, 6) is -1.29. The summed E-state index contributed by atoms with van der Waals surface area (Å²) >= 11 is 0. The molecule has 1 N–H and O–H groups in total. The van der Waals surface area contributed by atoms with Crippen molar-refractivity contribution in [3.8, 4) is 5.88 Å². The van der Waals surface area contributed by atoms with E-state index in [0.29, 0.717) is 11.3 Å². The Hall–Kier alpha value is -3.28. The van der Waals surface area contributed by atoms with Crippen molar-refractivity contribution in [2.75, 3.05) is 5.32 Å². The first-order valence-corrected chi connectivity index (χ1v) is 7.51. The summed E-state index contributed by atoms with van der Waals surface area (Å²) in [4.78, 5) is 16.4. The number of hydrogen-bond donors (Lipinski definition) is 1. The van der Waals surface area contributed by atoms with Gasteiger partial charge in [-0.05, 0) is 36.4 Å². The number of rotatable bonds is 5. The van der Waals surface area contributed by atoms with E-state index in [0.717, 1.165) is 0 Å². The molecule has 3 rings (SSSR count). The van der Waals surface area contributed by atoms with Crippen LogP contribution in [0.4, 0.5) is 14.5 Å². The third kappa shape index (κ3) is 4.17. The van der Waals surface area contributed by atoms with Crippen LogP contribution in [0.15, 0.2) is 66.9 Å². The lowest BCUT2D eigenvalue weighted by Gasteiger charge is -2.11. The molecule has 0 aliphatic rings. The van der Waals surface area contributed by atoms with Crippen LogP contribution in [0, 0.1) is 11.6 Å². The largest absolute Gasteiger partial charge is 0.472 e. The monoisotopic (exact) mass is 340 g/mol. The molecule has 1 amide bonds. The van der Waals surface area contributed by atoms with Crippen molar-refractivity contribution in [2.24, 2.45) is 0 Å². The highest BCUT2D eigenvalue weighted by molar-refractivity contribution is 6.05. The Morgan fingerprint density at radius 1 is 1.04 bits per heavy atom. The lowest BCUT2D eigenvalue weighted by Crippen LogP contribution is -2.14. The standard InChI is InChI=1S/C19H14F2N2O2/c20-14-6-3-7-15(11-14)23-18(24)16-8-4-10-22-19(16)25-12-13-5-1-2-9-17(13)21/h1-11H,12H2,(H,23,24). The summed E-state index contributed by atoms with van der Waals surface area (Å²) in [5.41, 5.74) is 0.835. The van der Waals surface area contributed by atoms with Crippen molar-refractivity contribution in [3.63, 3.8) is 0 Å². The fourth-order valence-electron chi connectivity index (χ4n) is 2.20. The van der Waals surface area contributed by atoms with E-state index in [1.165, 1.54) is 36.5 Å². The number of halogens is 2. The normalized spacial score (nSPS) is 10.3. The Kier molecular flexibility index (Phi) is 4.99. The SMILES string of the molecule is O=C(Nc1cccc(F)c1)c1cccnc1OCc1ccccc1F. The number of pyridine rings is 1. The van der Waals surface area contributed by atoms with Crippen LogP contribution in [0.25, 0.3) is 0 Å². The number of aromatic nitrogens is 1. The van der Waals surface area contributed by atoms with Gasteiger partial charge in [-0.15, -0.1) is 0 Å². The molecule has 0 aliphatic heterocycles. The maximum Gasteiger partial charge on any atom is 0.261 e. The van der Waals surface area contributed by atoms with Crippen molar-refractivity contribution < 1.29 is 18.3 Å². The van der Waals surface area contributed by atoms with E-state index in [9.17, 15) is 13.6 Å². The van der Waals surface area contributed by atoms with Crippen LogP contribution in [0.3, 0.4) is 0 Å². The minimum Gasteiger partial charge on any atom is -0.472 e. The molecule has 0 radical (unpaired) electrons. The summed E-state index contributed by atoms with van der Waals surface area (Å²) in [6.07, 6.45) is 1.47. The molecule has 2 aromatic carbocycles. The van der Waals surface area contributed by atoms with Gasteiger partial charge < -0.3 is 10.1 Å². The van der Waals surface area contributed by atoms with E-state index in [4.69, 9.17) is 4.74 Å². The number of nitrogens with zero attached hydrogens (tertiary/aromatic N) is 1. The summed E-state index contributed by atoms with van der Waals surface area (Å²) in [5, 5.41) is 2.58. The third-order valence-corrected chi connectivity index (χ3v) is 3.42. The minimum absolute atomic E-state index is 0.0655. The van der Waals surface area contributed by atoms with E-state index in [2.05, 4.69) is 10.3 Å². The number of carbonyl (C=O) groups excluding carboxylic acids is 1. The predicted molar refractivity (Wildman–Crippen MR) is 89.3 cm³/mol. The van der Waals surface area contributed by atoms with Gasteiger partial charge in [-0.2, -0.15) is 0 Å². The van der Waals surface area contributed by atoms with E-state index in [1.54, 1.807) is 30.3 Å². The number of amides is 1. The average Bonchev–Trinajstić information content (AvgIpc) is 2.61. The van der Waals surface area contributed by atoms with Gasteiger partial charge in [0.2, 0.25) is 5.88 Å². The summed E-state index contributed by atoms with van der Waals surface area (Å²) in [6.45, 7) is -0.0655. The van der Waals surface area contributed by atoms with E-state index in [1.807, 2.05) is 0 Å². The maximum atomic E-state index is 13.7. The van der Waals surface area contributed by atoms with Crippen molar-refractivity contribution in [1.29, 1.82) is 0 Å². The molecule has 0 fully saturated rings. The van der Waals surface area contributed by atoms with Crippen LogP contribution in [-0.4, -0.2) is 10.9 Å². The summed E-state index contributed by atoms with van der Waals surface area (Å²) in [6, 6.07) is 14.8. The molecule has 0 saturated heterocycles. The molecule has 0 saturated carbocycles. The second-order valence-electron chi connectivity index (χ2n) is 5.20. The molecular formula is C19H14F2N2O2. The van der Waals surface area contributed by atoms with Gasteiger partial charge in [0.15, 0.2) is 0 Å². The van der Waals surface area contributed by atoms with Gasteiger partial charge in [-0.3, -0.25) is 4.79 Å². The first-order valence-electron chi connectivity index (χ1n) is 7.51. The highest BCUT2D eigenvalue weighted by Crippen LogP contribution is 2.19. The summed E-state index contributed by atoms with van der Waals surface area (Å²) in [7, 11) is 0. The second kappa shape index (κ2) is 7.53. The molecular weight excluding hydrogens is 326 g/mol. The van der Waals surface area contributed by atoms with Crippen LogP contribution in [0.1, 0.15) is 15.9 Å². The fourth-order valence-corrected chi connectivity index (χ4v) is 2.20. The Bertz CT molecular complexity index is 900. The average molecular weight is 340 g/mol. The molecule has 3 aromatic rings. The van der Waals surface area contributed by atoms with E-state index >= 15 is 0 Å². The van der Waals surface area contributed by atoms with Crippen LogP contribution in [-0.2, 0) is 6.61 Å². The quantitative estimate of drug-likeness (QED) is 0.758. The smallest absolute Gasteiger partial charge is 0.261 e. The number of carbonyl (C=O) groups is 1. The molecule has 0 unspecified atom stereocenters.